The fourth-order valence-electron chi connectivity index (χ4n) is 4.13. The van der Waals surface area contributed by atoms with Crippen molar-refractivity contribution in [2.75, 3.05) is 79.3 Å². The summed E-state index contributed by atoms with van der Waals surface area (Å²) in [6.45, 7) is 4.04. The highest BCUT2D eigenvalue weighted by atomic mass is 16.6. The molecule has 234 valence electrons. The molecule has 0 saturated carbocycles. The SMILES string of the molecule is O=C(O)CCOCCOCCOCCOCCOCCOCC#Cc1cccc2c1C(=O)N(C1CCC(=O)NC1=O)C2=O. The monoisotopic (exact) mass is 604 g/mol. The third kappa shape index (κ3) is 11.1. The molecule has 0 radical (unpaired) electrons. The molecule has 0 spiro atoms. The molecule has 2 aliphatic rings. The summed E-state index contributed by atoms with van der Waals surface area (Å²) in [6, 6.07) is 3.72. The molecular formula is C29H36N2O12. The van der Waals surface area contributed by atoms with Gasteiger partial charge in [0.25, 0.3) is 11.8 Å². The van der Waals surface area contributed by atoms with Crippen molar-refractivity contribution in [3.05, 3.63) is 34.9 Å². The first-order valence-corrected chi connectivity index (χ1v) is 13.9. The molecule has 1 aromatic carbocycles. The van der Waals surface area contributed by atoms with E-state index in [2.05, 4.69) is 17.2 Å². The highest BCUT2D eigenvalue weighted by molar-refractivity contribution is 6.24. The fourth-order valence-corrected chi connectivity index (χ4v) is 4.13. The number of hydrogen-bond donors (Lipinski definition) is 2. The number of hydrogen-bond acceptors (Lipinski definition) is 11. The van der Waals surface area contributed by atoms with Gasteiger partial charge < -0.3 is 33.5 Å². The Labute approximate surface area is 248 Å². The summed E-state index contributed by atoms with van der Waals surface area (Å²) < 4.78 is 32.1. The third-order valence-corrected chi connectivity index (χ3v) is 6.19. The summed E-state index contributed by atoms with van der Waals surface area (Å²) in [7, 11) is 0. The van der Waals surface area contributed by atoms with Gasteiger partial charge in [-0.05, 0) is 18.6 Å². The number of carboxylic acid groups (broad SMARTS) is 1. The standard InChI is InChI=1S/C29H36N2O12/c32-24-7-6-23(27(35)30-24)31-28(36)22-5-1-3-21(26(22)29(31)37)4-2-9-38-11-13-40-15-17-42-19-20-43-18-16-41-14-12-39-10-8-25(33)34/h1,3,5,23H,6-20H2,(H,33,34)(H,30,32,35). The van der Waals surface area contributed by atoms with Crippen LogP contribution in [0.5, 0.6) is 0 Å². The minimum atomic E-state index is -1.03. The van der Waals surface area contributed by atoms with Crippen molar-refractivity contribution >= 4 is 29.6 Å². The topological polar surface area (TPSA) is 176 Å². The Balaban J connectivity index is 1.20. The van der Waals surface area contributed by atoms with Gasteiger partial charge in [0, 0.05) is 12.0 Å². The van der Waals surface area contributed by atoms with E-state index in [0.717, 1.165) is 4.90 Å². The molecule has 2 N–H and O–H groups in total. The minimum Gasteiger partial charge on any atom is -0.481 e. The number of fused-ring (bicyclic) bond motifs is 1. The molecule has 14 nitrogen and oxygen atoms in total. The maximum atomic E-state index is 13.1. The van der Waals surface area contributed by atoms with Gasteiger partial charge in [0.2, 0.25) is 11.8 Å². The van der Waals surface area contributed by atoms with Crippen LogP contribution in [0.4, 0.5) is 0 Å². The molecule has 2 heterocycles. The number of nitrogens with one attached hydrogen (secondary N) is 1. The first-order chi connectivity index (χ1) is 20.9. The van der Waals surface area contributed by atoms with Gasteiger partial charge in [0.05, 0.1) is 90.2 Å². The molecule has 0 aromatic heterocycles. The molecule has 1 fully saturated rings. The Morgan fingerprint density at radius 3 is 1.93 bits per heavy atom. The van der Waals surface area contributed by atoms with Crippen LogP contribution < -0.4 is 5.32 Å². The van der Waals surface area contributed by atoms with Crippen LogP contribution in [0, 0.1) is 11.8 Å². The number of amides is 4. The van der Waals surface area contributed by atoms with Gasteiger partial charge in [-0.25, -0.2) is 0 Å². The third-order valence-electron chi connectivity index (χ3n) is 6.19. The Hall–Kier alpha value is -3.71. The lowest BCUT2D eigenvalue weighted by Gasteiger charge is -2.27. The summed E-state index contributed by atoms with van der Waals surface area (Å²) in [4.78, 5) is 60.9. The van der Waals surface area contributed by atoms with Crippen molar-refractivity contribution in [3.63, 3.8) is 0 Å². The van der Waals surface area contributed by atoms with Crippen LogP contribution >= 0.6 is 0 Å². The van der Waals surface area contributed by atoms with E-state index >= 15 is 0 Å². The van der Waals surface area contributed by atoms with Crippen molar-refractivity contribution < 1.29 is 57.5 Å². The highest BCUT2D eigenvalue weighted by Crippen LogP contribution is 2.29. The van der Waals surface area contributed by atoms with E-state index in [9.17, 15) is 24.0 Å². The zero-order chi connectivity index (χ0) is 30.9. The molecule has 43 heavy (non-hydrogen) atoms. The van der Waals surface area contributed by atoms with Gasteiger partial charge in [-0.15, -0.1) is 0 Å². The van der Waals surface area contributed by atoms with E-state index in [4.69, 9.17) is 33.5 Å². The lowest BCUT2D eigenvalue weighted by molar-refractivity contribution is -0.138. The quantitative estimate of drug-likeness (QED) is 0.116. The number of carbonyl (C=O) groups is 5. The van der Waals surface area contributed by atoms with E-state index in [1.807, 2.05) is 0 Å². The van der Waals surface area contributed by atoms with Gasteiger partial charge in [-0.1, -0.05) is 17.9 Å². The van der Waals surface area contributed by atoms with Crippen LogP contribution in [0.15, 0.2) is 18.2 Å². The molecule has 3 rings (SSSR count). The van der Waals surface area contributed by atoms with Crippen molar-refractivity contribution in [1.29, 1.82) is 0 Å². The van der Waals surface area contributed by atoms with E-state index < -0.39 is 35.6 Å². The predicted octanol–water partition coefficient (Wildman–Crippen LogP) is 0.0136. The van der Waals surface area contributed by atoms with Crippen LogP contribution in [0.1, 0.15) is 45.5 Å². The number of carbonyl (C=O) groups excluding carboxylic acids is 4. The number of benzene rings is 1. The summed E-state index contributed by atoms with van der Waals surface area (Å²) in [6.07, 6.45) is 0.111. The van der Waals surface area contributed by atoms with Gasteiger partial charge in [0.15, 0.2) is 0 Å². The predicted molar refractivity (Wildman–Crippen MR) is 147 cm³/mol. The summed E-state index contributed by atoms with van der Waals surface area (Å²) >= 11 is 0. The number of nitrogens with zero attached hydrogens (tertiary/aromatic N) is 1. The largest absolute Gasteiger partial charge is 0.481 e. The second-order valence-corrected chi connectivity index (χ2v) is 9.24. The molecule has 1 unspecified atom stereocenters. The van der Waals surface area contributed by atoms with Gasteiger partial charge in [-0.3, -0.25) is 34.2 Å². The fraction of sp³-hybridized carbons (Fsp3) is 0.552. The molecular weight excluding hydrogens is 568 g/mol. The zero-order valence-electron chi connectivity index (χ0n) is 23.8. The number of imide groups is 2. The molecule has 4 amide bonds. The van der Waals surface area contributed by atoms with Crippen LogP contribution in [-0.2, 0) is 42.8 Å². The van der Waals surface area contributed by atoms with Crippen LogP contribution in [-0.4, -0.2) is 125 Å². The van der Waals surface area contributed by atoms with Crippen molar-refractivity contribution in [3.8, 4) is 11.8 Å². The van der Waals surface area contributed by atoms with E-state index in [1.54, 1.807) is 12.1 Å². The molecule has 0 bridgehead atoms. The zero-order valence-corrected chi connectivity index (χ0v) is 23.8. The lowest BCUT2D eigenvalue weighted by atomic mass is 10.0. The summed E-state index contributed by atoms with van der Waals surface area (Å²) in [5, 5.41) is 10.7. The average Bonchev–Trinajstić information content (AvgIpc) is 3.23. The number of ether oxygens (including phenoxy) is 6. The summed E-state index contributed by atoms with van der Waals surface area (Å²) in [5.41, 5.74) is 0.676. The number of piperidine rings is 1. The number of carboxylic acids is 1. The molecule has 1 aromatic rings. The lowest BCUT2D eigenvalue weighted by Crippen LogP contribution is -2.54. The molecule has 1 atom stereocenters. The van der Waals surface area contributed by atoms with Crippen molar-refractivity contribution in [2.24, 2.45) is 0 Å². The Morgan fingerprint density at radius 1 is 0.814 bits per heavy atom. The Morgan fingerprint density at radius 2 is 1.37 bits per heavy atom. The first-order valence-electron chi connectivity index (χ1n) is 13.9. The number of rotatable bonds is 20. The molecule has 0 aliphatic carbocycles. The number of aliphatic carboxylic acids is 1. The van der Waals surface area contributed by atoms with Crippen molar-refractivity contribution in [2.45, 2.75) is 25.3 Å². The maximum absolute atomic E-state index is 13.1. The minimum absolute atomic E-state index is 0.0254. The first kappa shape index (κ1) is 33.8. The van der Waals surface area contributed by atoms with Crippen LogP contribution in [0.3, 0.4) is 0 Å². The molecule has 1 saturated heterocycles. The second-order valence-electron chi connectivity index (χ2n) is 9.24. The Kier molecular flexibility index (Phi) is 14.7. The summed E-state index contributed by atoms with van der Waals surface area (Å²) in [5.74, 6) is 2.52. The normalized spacial score (nSPS) is 16.2. The van der Waals surface area contributed by atoms with E-state index in [0.29, 0.717) is 71.6 Å². The van der Waals surface area contributed by atoms with E-state index in [1.165, 1.54) is 6.07 Å². The molecule has 14 heteroatoms. The van der Waals surface area contributed by atoms with Gasteiger partial charge in [0.1, 0.15) is 12.6 Å². The average molecular weight is 605 g/mol. The smallest absolute Gasteiger partial charge is 0.305 e. The maximum Gasteiger partial charge on any atom is 0.305 e. The highest BCUT2D eigenvalue weighted by Gasteiger charge is 2.45. The van der Waals surface area contributed by atoms with Gasteiger partial charge >= 0.3 is 5.97 Å². The Bertz CT molecular complexity index is 1190. The van der Waals surface area contributed by atoms with Crippen LogP contribution in [0.25, 0.3) is 0 Å². The van der Waals surface area contributed by atoms with Gasteiger partial charge in [-0.2, -0.15) is 0 Å². The van der Waals surface area contributed by atoms with Crippen molar-refractivity contribution in [1.82, 2.24) is 10.2 Å². The second kappa shape index (κ2) is 18.7. The van der Waals surface area contributed by atoms with Crippen LogP contribution in [0.2, 0.25) is 0 Å². The molecule has 2 aliphatic heterocycles. The van der Waals surface area contributed by atoms with E-state index in [-0.39, 0.29) is 43.6 Å².